The minimum Gasteiger partial charge on any atom is -0.313 e. The lowest BCUT2D eigenvalue weighted by Crippen LogP contribution is -2.45. The van der Waals surface area contributed by atoms with E-state index in [1.165, 1.54) is 19.4 Å². The molecule has 0 bridgehead atoms. The third-order valence-corrected chi connectivity index (χ3v) is 3.03. The molecule has 5 heteroatoms. The number of rotatable bonds is 4. The minimum atomic E-state index is 0.649. The number of nitrogens with zero attached hydrogens (tertiary/aromatic N) is 4. The molecule has 1 N–H and O–H groups in total. The van der Waals surface area contributed by atoms with Gasteiger partial charge in [-0.15, -0.1) is 5.10 Å². The van der Waals surface area contributed by atoms with Gasteiger partial charge in [0.15, 0.2) is 0 Å². The Bertz CT molecular complexity index is 320. The van der Waals surface area contributed by atoms with Crippen molar-refractivity contribution in [2.75, 3.05) is 19.6 Å². The molecule has 0 aromatic carbocycles. The van der Waals surface area contributed by atoms with Crippen LogP contribution in [0.5, 0.6) is 0 Å². The van der Waals surface area contributed by atoms with Crippen molar-refractivity contribution in [1.29, 1.82) is 0 Å². The number of aromatic nitrogens is 3. The van der Waals surface area contributed by atoms with Gasteiger partial charge in [-0.2, -0.15) is 0 Å². The largest absolute Gasteiger partial charge is 0.313 e. The molecule has 1 saturated heterocycles. The first-order valence-electron chi connectivity index (χ1n) is 6.09. The molecular weight excluding hydrogens is 202 g/mol. The van der Waals surface area contributed by atoms with Gasteiger partial charge in [-0.1, -0.05) is 12.1 Å². The standard InChI is InChI=1S/C11H21N5/c1-3-12-10-5-4-6-16(8-10)9-11-7-15(2)14-13-11/h7,10,12H,3-6,8-9H2,1-2H3. The summed E-state index contributed by atoms with van der Waals surface area (Å²) in [5.41, 5.74) is 1.07. The molecule has 0 amide bonds. The fourth-order valence-corrected chi connectivity index (χ4v) is 2.35. The Balaban J connectivity index is 1.85. The average Bonchev–Trinajstić information content (AvgIpc) is 2.65. The number of aryl methyl sites for hydroxylation is 1. The molecule has 1 aromatic rings. The first-order chi connectivity index (χ1) is 7.78. The normalized spacial score (nSPS) is 22.5. The summed E-state index contributed by atoms with van der Waals surface area (Å²) in [6.07, 6.45) is 4.57. The molecule has 0 aliphatic carbocycles. The molecule has 1 aliphatic heterocycles. The van der Waals surface area contributed by atoms with Crippen LogP contribution in [0.15, 0.2) is 6.20 Å². The minimum absolute atomic E-state index is 0.649. The summed E-state index contributed by atoms with van der Waals surface area (Å²) in [6.45, 7) is 6.46. The Hall–Kier alpha value is -0.940. The van der Waals surface area contributed by atoms with Crippen LogP contribution in [0, 0.1) is 0 Å². The van der Waals surface area contributed by atoms with E-state index in [0.717, 1.165) is 25.3 Å². The van der Waals surface area contributed by atoms with Crippen LogP contribution in [0.2, 0.25) is 0 Å². The molecule has 1 aromatic heterocycles. The topological polar surface area (TPSA) is 46.0 Å². The molecule has 2 heterocycles. The molecule has 1 fully saturated rings. The molecule has 2 rings (SSSR count). The maximum absolute atomic E-state index is 4.13. The van der Waals surface area contributed by atoms with Gasteiger partial charge in [0.1, 0.15) is 0 Å². The Morgan fingerprint density at radius 2 is 2.44 bits per heavy atom. The van der Waals surface area contributed by atoms with Gasteiger partial charge in [0.05, 0.1) is 5.69 Å². The average molecular weight is 223 g/mol. The van der Waals surface area contributed by atoms with Gasteiger partial charge in [-0.25, -0.2) is 0 Å². The van der Waals surface area contributed by atoms with Gasteiger partial charge in [0.25, 0.3) is 0 Å². The zero-order chi connectivity index (χ0) is 11.4. The molecule has 1 unspecified atom stereocenters. The van der Waals surface area contributed by atoms with Gasteiger partial charge in [-0.05, 0) is 25.9 Å². The number of nitrogens with one attached hydrogen (secondary N) is 1. The van der Waals surface area contributed by atoms with Crippen LogP contribution in [-0.2, 0) is 13.6 Å². The molecule has 5 nitrogen and oxygen atoms in total. The predicted octanol–water partition coefficient (Wildman–Crippen LogP) is 0.389. The summed E-state index contributed by atoms with van der Waals surface area (Å²) in [7, 11) is 1.91. The monoisotopic (exact) mass is 223 g/mol. The van der Waals surface area contributed by atoms with Crippen LogP contribution in [0.4, 0.5) is 0 Å². The molecular formula is C11H21N5. The highest BCUT2D eigenvalue weighted by atomic mass is 15.4. The van der Waals surface area contributed by atoms with E-state index in [2.05, 4.69) is 27.5 Å². The summed E-state index contributed by atoms with van der Waals surface area (Å²) >= 11 is 0. The molecule has 1 aliphatic rings. The number of likely N-dealkylation sites (N-methyl/N-ethyl adjacent to an activating group) is 1. The summed E-state index contributed by atoms with van der Waals surface area (Å²) in [5, 5.41) is 11.6. The van der Waals surface area contributed by atoms with E-state index >= 15 is 0 Å². The molecule has 0 saturated carbocycles. The zero-order valence-electron chi connectivity index (χ0n) is 10.2. The van der Waals surface area contributed by atoms with E-state index < -0.39 is 0 Å². The van der Waals surface area contributed by atoms with Crippen LogP contribution in [0.1, 0.15) is 25.5 Å². The second-order valence-electron chi connectivity index (χ2n) is 4.52. The lowest BCUT2D eigenvalue weighted by atomic mass is 10.1. The van der Waals surface area contributed by atoms with Crippen LogP contribution in [-0.4, -0.2) is 45.6 Å². The zero-order valence-corrected chi connectivity index (χ0v) is 10.2. The van der Waals surface area contributed by atoms with E-state index in [1.807, 2.05) is 13.2 Å². The third-order valence-electron chi connectivity index (χ3n) is 3.03. The van der Waals surface area contributed by atoms with E-state index in [9.17, 15) is 0 Å². The second-order valence-corrected chi connectivity index (χ2v) is 4.52. The maximum Gasteiger partial charge on any atom is 0.0967 e. The number of hydrogen-bond acceptors (Lipinski definition) is 4. The van der Waals surface area contributed by atoms with E-state index in [4.69, 9.17) is 0 Å². The lowest BCUT2D eigenvalue weighted by Gasteiger charge is -2.32. The molecule has 0 spiro atoms. The highest BCUT2D eigenvalue weighted by molar-refractivity contribution is 4.93. The summed E-state index contributed by atoms with van der Waals surface area (Å²) in [6, 6.07) is 0.649. The summed E-state index contributed by atoms with van der Waals surface area (Å²) in [4.78, 5) is 2.46. The first kappa shape index (κ1) is 11.5. The number of likely N-dealkylation sites (tertiary alicyclic amines) is 1. The van der Waals surface area contributed by atoms with Gasteiger partial charge >= 0.3 is 0 Å². The second kappa shape index (κ2) is 5.41. The van der Waals surface area contributed by atoms with Crippen molar-refractivity contribution >= 4 is 0 Å². The van der Waals surface area contributed by atoms with E-state index in [-0.39, 0.29) is 0 Å². The Kier molecular flexibility index (Phi) is 3.90. The highest BCUT2D eigenvalue weighted by Gasteiger charge is 2.19. The Morgan fingerprint density at radius 1 is 1.56 bits per heavy atom. The van der Waals surface area contributed by atoms with Crippen LogP contribution >= 0.6 is 0 Å². The summed E-state index contributed by atoms with van der Waals surface area (Å²) < 4.78 is 1.76. The Labute approximate surface area is 96.8 Å². The van der Waals surface area contributed by atoms with Crippen LogP contribution in [0.3, 0.4) is 0 Å². The van der Waals surface area contributed by atoms with Crippen molar-refractivity contribution in [1.82, 2.24) is 25.2 Å². The van der Waals surface area contributed by atoms with Gasteiger partial charge < -0.3 is 5.32 Å². The predicted molar refractivity (Wildman–Crippen MR) is 63.0 cm³/mol. The fourth-order valence-electron chi connectivity index (χ4n) is 2.35. The smallest absolute Gasteiger partial charge is 0.0967 e. The van der Waals surface area contributed by atoms with Crippen molar-refractivity contribution in [2.24, 2.45) is 7.05 Å². The quantitative estimate of drug-likeness (QED) is 0.802. The van der Waals surface area contributed by atoms with Crippen LogP contribution in [0.25, 0.3) is 0 Å². The first-order valence-corrected chi connectivity index (χ1v) is 6.09. The third kappa shape index (κ3) is 3.02. The molecule has 90 valence electrons. The molecule has 0 radical (unpaired) electrons. The Morgan fingerprint density at radius 3 is 3.12 bits per heavy atom. The van der Waals surface area contributed by atoms with Crippen molar-refractivity contribution in [3.8, 4) is 0 Å². The van der Waals surface area contributed by atoms with Gasteiger partial charge in [-0.3, -0.25) is 9.58 Å². The summed E-state index contributed by atoms with van der Waals surface area (Å²) in [5.74, 6) is 0. The van der Waals surface area contributed by atoms with Crippen molar-refractivity contribution in [2.45, 2.75) is 32.4 Å². The van der Waals surface area contributed by atoms with Gasteiger partial charge in [0, 0.05) is 32.4 Å². The van der Waals surface area contributed by atoms with Gasteiger partial charge in [0.2, 0.25) is 0 Å². The maximum atomic E-state index is 4.13. The molecule has 1 atom stereocenters. The molecule has 16 heavy (non-hydrogen) atoms. The van der Waals surface area contributed by atoms with Crippen molar-refractivity contribution in [3.63, 3.8) is 0 Å². The van der Waals surface area contributed by atoms with Crippen LogP contribution < -0.4 is 5.32 Å². The van der Waals surface area contributed by atoms with Crippen molar-refractivity contribution < 1.29 is 0 Å². The lowest BCUT2D eigenvalue weighted by molar-refractivity contribution is 0.183. The fraction of sp³-hybridized carbons (Fsp3) is 0.818. The van der Waals surface area contributed by atoms with E-state index in [0.29, 0.717) is 6.04 Å². The SMILES string of the molecule is CCNC1CCCN(Cc2cn(C)nn2)C1. The van der Waals surface area contributed by atoms with Crippen molar-refractivity contribution in [3.05, 3.63) is 11.9 Å². The highest BCUT2D eigenvalue weighted by Crippen LogP contribution is 2.12. The number of piperidine rings is 1. The van der Waals surface area contributed by atoms with E-state index in [1.54, 1.807) is 4.68 Å². The number of hydrogen-bond donors (Lipinski definition) is 1.